The fraction of sp³-hybridized carbons (Fsp3) is 0.250. The average Bonchev–Trinajstić information content (AvgIpc) is 3.21. The number of rotatable bonds is 5. The molecule has 0 spiro atoms. The van der Waals surface area contributed by atoms with E-state index in [0.717, 1.165) is 11.1 Å². The number of nitrogens with zero attached hydrogens (tertiary/aromatic N) is 5. The molecule has 0 atom stereocenters. The summed E-state index contributed by atoms with van der Waals surface area (Å²) in [7, 11) is 1.56. The van der Waals surface area contributed by atoms with Crippen LogP contribution in [0.25, 0.3) is 11.3 Å². The van der Waals surface area contributed by atoms with E-state index in [0.29, 0.717) is 40.4 Å². The molecular weight excluding hydrogens is 468 g/mol. The monoisotopic (exact) mass is 496 g/mol. The molecule has 2 N–H and O–H groups in total. The van der Waals surface area contributed by atoms with Crippen LogP contribution in [0.3, 0.4) is 0 Å². The number of benzene rings is 2. The highest BCUT2D eigenvalue weighted by molar-refractivity contribution is 6.10. The van der Waals surface area contributed by atoms with Crippen molar-refractivity contribution < 1.29 is 9.90 Å². The molecule has 188 valence electrons. The van der Waals surface area contributed by atoms with Gasteiger partial charge in [-0.3, -0.25) is 9.59 Å². The molecule has 1 aliphatic heterocycles. The number of nitrogens with one attached hydrogen (secondary N) is 1. The zero-order valence-electron chi connectivity index (χ0n) is 21.2. The normalized spacial score (nSPS) is 13.1. The van der Waals surface area contributed by atoms with Crippen molar-refractivity contribution in [2.24, 2.45) is 7.05 Å². The summed E-state index contributed by atoms with van der Waals surface area (Å²) in [6.07, 6.45) is 2.96. The molecule has 0 saturated carbocycles. The minimum atomic E-state index is -0.330. The first-order valence-corrected chi connectivity index (χ1v) is 12.0. The molecule has 5 rings (SSSR count). The molecule has 0 bridgehead atoms. The van der Waals surface area contributed by atoms with Crippen LogP contribution in [0, 0.1) is 0 Å². The van der Waals surface area contributed by atoms with Gasteiger partial charge in [0.25, 0.3) is 11.5 Å². The van der Waals surface area contributed by atoms with Crippen molar-refractivity contribution in [2.75, 3.05) is 10.2 Å². The van der Waals surface area contributed by atoms with Crippen LogP contribution in [0.2, 0.25) is 0 Å². The number of aryl methyl sites for hydroxylation is 1. The quantitative estimate of drug-likeness (QED) is 0.430. The molecule has 2 aromatic carbocycles. The van der Waals surface area contributed by atoms with Crippen LogP contribution in [0.1, 0.15) is 47.8 Å². The lowest BCUT2D eigenvalue weighted by atomic mass is 9.85. The molecule has 3 heterocycles. The number of carbonyl (C=O) groups is 1. The zero-order valence-corrected chi connectivity index (χ0v) is 21.2. The first-order valence-electron chi connectivity index (χ1n) is 12.0. The van der Waals surface area contributed by atoms with Crippen molar-refractivity contribution in [2.45, 2.75) is 39.3 Å². The van der Waals surface area contributed by atoms with Crippen LogP contribution in [-0.4, -0.2) is 30.8 Å². The van der Waals surface area contributed by atoms with Crippen molar-refractivity contribution in [3.05, 3.63) is 93.7 Å². The number of hydrogen-bond donors (Lipinski definition) is 2. The van der Waals surface area contributed by atoms with Gasteiger partial charge in [0.2, 0.25) is 0 Å². The summed E-state index contributed by atoms with van der Waals surface area (Å²) < 4.78 is 1.23. The van der Waals surface area contributed by atoms with E-state index in [2.05, 4.69) is 47.2 Å². The minimum Gasteiger partial charge on any atom is -0.392 e. The van der Waals surface area contributed by atoms with Gasteiger partial charge in [0.15, 0.2) is 0 Å². The third kappa shape index (κ3) is 4.49. The Morgan fingerprint density at radius 2 is 1.86 bits per heavy atom. The molecule has 0 unspecified atom stereocenters. The van der Waals surface area contributed by atoms with Crippen molar-refractivity contribution in [1.82, 2.24) is 19.7 Å². The van der Waals surface area contributed by atoms with E-state index in [-0.39, 0.29) is 29.2 Å². The molecule has 1 aliphatic rings. The Hall–Kier alpha value is -4.37. The number of aliphatic hydroxyl groups is 1. The molecule has 0 aliphatic carbocycles. The second-order valence-electron chi connectivity index (χ2n) is 10.1. The van der Waals surface area contributed by atoms with E-state index in [1.807, 2.05) is 30.3 Å². The highest BCUT2D eigenvalue weighted by Crippen LogP contribution is 2.37. The first kappa shape index (κ1) is 24.3. The summed E-state index contributed by atoms with van der Waals surface area (Å²) in [6, 6.07) is 14.7. The number of anilines is 3. The Labute approximate surface area is 214 Å². The number of carbonyl (C=O) groups excluding carboxylic acids is 1. The van der Waals surface area contributed by atoms with E-state index >= 15 is 0 Å². The Kier molecular flexibility index (Phi) is 6.08. The number of amides is 1. The standard InChI is InChI=1S/C28H28N6O3/c1-28(2,3)18-8-9-19-17(12-18)14-34(26(19)36)24-7-5-6-20(21(24)15-35)22-13-23(27(37)33(4)32-22)31-25-10-11-29-16-30-25/h5-13,16,35H,14-15H2,1-4H3,(H,29,30,31). The van der Waals surface area contributed by atoms with Crippen LogP contribution in [0.5, 0.6) is 0 Å². The number of fused-ring (bicyclic) bond motifs is 1. The van der Waals surface area contributed by atoms with E-state index in [1.54, 1.807) is 30.3 Å². The van der Waals surface area contributed by atoms with Crippen molar-refractivity contribution in [1.29, 1.82) is 0 Å². The summed E-state index contributed by atoms with van der Waals surface area (Å²) in [5.74, 6) is 0.359. The molecule has 1 amide bonds. The molecule has 9 heteroatoms. The fourth-order valence-electron chi connectivity index (χ4n) is 4.55. The van der Waals surface area contributed by atoms with E-state index in [1.165, 1.54) is 11.0 Å². The maximum atomic E-state index is 13.4. The van der Waals surface area contributed by atoms with E-state index in [9.17, 15) is 14.7 Å². The van der Waals surface area contributed by atoms with Gasteiger partial charge in [-0.15, -0.1) is 0 Å². The van der Waals surface area contributed by atoms with Gasteiger partial charge in [0.05, 0.1) is 24.5 Å². The number of hydrogen-bond acceptors (Lipinski definition) is 7. The Morgan fingerprint density at radius 1 is 1.05 bits per heavy atom. The molecule has 0 fully saturated rings. The van der Waals surface area contributed by atoms with Gasteiger partial charge in [-0.25, -0.2) is 14.6 Å². The van der Waals surface area contributed by atoms with Crippen molar-refractivity contribution in [3.63, 3.8) is 0 Å². The SMILES string of the molecule is Cn1nc(-c2cccc(N3Cc4cc(C(C)(C)C)ccc4C3=O)c2CO)cc(Nc2ccncn2)c1=O. The molecule has 0 radical (unpaired) electrons. The lowest BCUT2D eigenvalue weighted by Gasteiger charge is -2.21. The lowest BCUT2D eigenvalue weighted by Crippen LogP contribution is -2.25. The van der Waals surface area contributed by atoms with Crippen LogP contribution >= 0.6 is 0 Å². The zero-order chi connectivity index (χ0) is 26.3. The van der Waals surface area contributed by atoms with Gasteiger partial charge in [0, 0.05) is 29.9 Å². The second kappa shape index (κ2) is 9.25. The van der Waals surface area contributed by atoms with E-state index < -0.39 is 0 Å². The maximum Gasteiger partial charge on any atom is 0.290 e. The third-order valence-electron chi connectivity index (χ3n) is 6.56. The number of aromatic nitrogens is 4. The topological polar surface area (TPSA) is 113 Å². The highest BCUT2D eigenvalue weighted by Gasteiger charge is 2.31. The smallest absolute Gasteiger partial charge is 0.290 e. The van der Waals surface area contributed by atoms with Crippen LogP contribution in [0.4, 0.5) is 17.2 Å². The fourth-order valence-corrected chi connectivity index (χ4v) is 4.55. The third-order valence-corrected chi connectivity index (χ3v) is 6.56. The predicted octanol–water partition coefficient (Wildman–Crippen LogP) is 3.93. The highest BCUT2D eigenvalue weighted by atomic mass is 16.3. The Morgan fingerprint density at radius 3 is 2.57 bits per heavy atom. The molecular formula is C28H28N6O3. The molecule has 37 heavy (non-hydrogen) atoms. The second-order valence-corrected chi connectivity index (χ2v) is 10.1. The summed E-state index contributed by atoms with van der Waals surface area (Å²) in [5, 5.41) is 17.9. The largest absolute Gasteiger partial charge is 0.392 e. The first-order chi connectivity index (χ1) is 17.7. The van der Waals surface area contributed by atoms with Gasteiger partial charge < -0.3 is 15.3 Å². The van der Waals surface area contributed by atoms with Crippen molar-refractivity contribution >= 4 is 23.1 Å². The van der Waals surface area contributed by atoms with Gasteiger partial charge in [-0.1, -0.05) is 45.0 Å². The lowest BCUT2D eigenvalue weighted by molar-refractivity contribution is 0.0996. The average molecular weight is 497 g/mol. The molecule has 0 saturated heterocycles. The van der Waals surface area contributed by atoms with Gasteiger partial charge in [-0.05, 0) is 40.8 Å². The molecule has 4 aromatic rings. The van der Waals surface area contributed by atoms with Crippen LogP contribution in [0.15, 0.2) is 65.8 Å². The number of aliphatic hydroxyl groups excluding tert-OH is 1. The Balaban J connectivity index is 1.56. The van der Waals surface area contributed by atoms with Gasteiger partial charge >= 0.3 is 0 Å². The van der Waals surface area contributed by atoms with E-state index in [4.69, 9.17) is 0 Å². The van der Waals surface area contributed by atoms with Crippen LogP contribution in [-0.2, 0) is 25.6 Å². The predicted molar refractivity (Wildman–Crippen MR) is 142 cm³/mol. The molecule has 9 nitrogen and oxygen atoms in total. The maximum absolute atomic E-state index is 13.4. The Bertz CT molecular complexity index is 1560. The minimum absolute atomic E-state index is 0.0336. The summed E-state index contributed by atoms with van der Waals surface area (Å²) in [6.45, 7) is 6.54. The molecule has 2 aromatic heterocycles. The summed E-state index contributed by atoms with van der Waals surface area (Å²) in [5.41, 5.74) is 4.97. The summed E-state index contributed by atoms with van der Waals surface area (Å²) >= 11 is 0. The van der Waals surface area contributed by atoms with Gasteiger partial charge in [-0.2, -0.15) is 5.10 Å². The summed E-state index contributed by atoms with van der Waals surface area (Å²) in [4.78, 5) is 35.8. The van der Waals surface area contributed by atoms with Crippen molar-refractivity contribution in [3.8, 4) is 11.3 Å². The van der Waals surface area contributed by atoms with Gasteiger partial charge in [0.1, 0.15) is 17.8 Å². The van der Waals surface area contributed by atoms with Crippen LogP contribution < -0.4 is 15.8 Å².